The summed E-state index contributed by atoms with van der Waals surface area (Å²) in [6.45, 7) is 7.19. The first-order chi connectivity index (χ1) is 14.0. The fraction of sp³-hybridized carbons (Fsp3) is 0.750. The van der Waals surface area contributed by atoms with E-state index in [1.807, 2.05) is 13.0 Å². The van der Waals surface area contributed by atoms with E-state index in [-0.39, 0.29) is 34.7 Å². The first-order valence-electron chi connectivity index (χ1n) is 11.1. The van der Waals surface area contributed by atoms with Gasteiger partial charge in [0, 0.05) is 16.7 Å². The van der Waals surface area contributed by atoms with Crippen LogP contribution in [0.1, 0.15) is 53.4 Å². The Labute approximate surface area is 177 Å². The highest BCUT2D eigenvalue weighted by Crippen LogP contribution is 2.70. The third kappa shape index (κ3) is 2.34. The molecule has 6 nitrogen and oxygen atoms in total. The van der Waals surface area contributed by atoms with Crippen LogP contribution in [-0.2, 0) is 19.1 Å². The maximum Gasteiger partial charge on any atom is 0.193 e. The highest BCUT2D eigenvalue weighted by Gasteiger charge is 2.76. The largest absolute Gasteiger partial charge is 0.393 e. The maximum absolute atomic E-state index is 13.2. The van der Waals surface area contributed by atoms with E-state index in [9.17, 15) is 19.8 Å². The molecule has 0 amide bonds. The summed E-state index contributed by atoms with van der Waals surface area (Å²) in [6.07, 6.45) is 7.04. The second kappa shape index (κ2) is 6.12. The molecule has 0 bridgehead atoms. The van der Waals surface area contributed by atoms with Crippen LogP contribution in [0, 0.1) is 28.6 Å². The molecule has 6 heteroatoms. The number of aliphatic hydroxyl groups is 2. The van der Waals surface area contributed by atoms with Crippen molar-refractivity contribution in [2.45, 2.75) is 77.0 Å². The predicted octanol–water partition coefficient (Wildman–Crippen LogP) is 2.33. The molecule has 5 aliphatic rings. The fourth-order valence-electron chi connectivity index (χ4n) is 8.04. The van der Waals surface area contributed by atoms with Gasteiger partial charge in [-0.2, -0.15) is 0 Å². The van der Waals surface area contributed by atoms with Gasteiger partial charge in [-0.1, -0.05) is 25.5 Å². The van der Waals surface area contributed by atoms with Crippen LogP contribution in [0.15, 0.2) is 23.8 Å². The monoisotopic (exact) mass is 416 g/mol. The van der Waals surface area contributed by atoms with Crippen molar-refractivity contribution in [3.8, 4) is 0 Å². The molecular weight excluding hydrogens is 384 g/mol. The van der Waals surface area contributed by atoms with Crippen molar-refractivity contribution in [2.24, 2.45) is 28.6 Å². The Kier molecular flexibility index (Phi) is 4.20. The van der Waals surface area contributed by atoms with E-state index in [2.05, 4.69) is 6.92 Å². The van der Waals surface area contributed by atoms with Gasteiger partial charge >= 0.3 is 0 Å². The standard InChI is InChI=1S/C24H32O6/c1-21(2)29-19-10-16-15-6-5-13-9-14(26)7-8-22(13,3)20(15)17(27)11-23(16,4)24(19,30-21)18(28)12-25/h7-9,15-17,19-20,25,27H,5-6,10-12H2,1-4H3/t15-,16-,17?,19?,20+,22-,23-,24+/m0/s1. The van der Waals surface area contributed by atoms with Crippen molar-refractivity contribution in [1.29, 1.82) is 0 Å². The molecule has 2 unspecified atom stereocenters. The first-order valence-corrected chi connectivity index (χ1v) is 11.1. The van der Waals surface area contributed by atoms with Crippen LogP contribution in [-0.4, -0.2) is 52.0 Å². The number of ketones is 2. The third-order valence-electron chi connectivity index (χ3n) is 9.05. The van der Waals surface area contributed by atoms with Crippen LogP contribution in [0.5, 0.6) is 0 Å². The second-order valence-electron chi connectivity index (χ2n) is 10.9. The van der Waals surface area contributed by atoms with Gasteiger partial charge in [0.1, 0.15) is 6.61 Å². The topological polar surface area (TPSA) is 93.1 Å². The van der Waals surface area contributed by atoms with Gasteiger partial charge in [-0.25, -0.2) is 0 Å². The number of hydrogen-bond donors (Lipinski definition) is 2. The lowest BCUT2D eigenvalue weighted by atomic mass is 9.46. The van der Waals surface area contributed by atoms with Crippen molar-refractivity contribution in [3.63, 3.8) is 0 Å². The van der Waals surface area contributed by atoms with Gasteiger partial charge in [-0.05, 0) is 63.5 Å². The molecule has 0 aromatic carbocycles. The van der Waals surface area contributed by atoms with Crippen LogP contribution in [0.3, 0.4) is 0 Å². The molecule has 0 spiro atoms. The van der Waals surface area contributed by atoms with Gasteiger partial charge < -0.3 is 19.7 Å². The Balaban J connectivity index is 1.59. The van der Waals surface area contributed by atoms with Crippen LogP contribution in [0.25, 0.3) is 0 Å². The molecule has 4 aliphatic carbocycles. The van der Waals surface area contributed by atoms with E-state index in [0.29, 0.717) is 12.8 Å². The Morgan fingerprint density at radius 3 is 2.70 bits per heavy atom. The molecule has 30 heavy (non-hydrogen) atoms. The minimum atomic E-state index is -1.24. The van der Waals surface area contributed by atoms with Crippen molar-refractivity contribution in [1.82, 2.24) is 0 Å². The van der Waals surface area contributed by atoms with Crippen molar-refractivity contribution in [2.75, 3.05) is 6.61 Å². The van der Waals surface area contributed by atoms with E-state index < -0.39 is 35.6 Å². The summed E-state index contributed by atoms with van der Waals surface area (Å²) in [5.74, 6) is -0.947. The Bertz CT molecular complexity index is 873. The van der Waals surface area contributed by atoms with Gasteiger partial charge in [0.2, 0.25) is 0 Å². The number of aliphatic hydroxyl groups excluding tert-OH is 2. The predicted molar refractivity (Wildman–Crippen MR) is 108 cm³/mol. The number of allylic oxidation sites excluding steroid dienone is 4. The van der Waals surface area contributed by atoms with Crippen LogP contribution >= 0.6 is 0 Å². The highest BCUT2D eigenvalue weighted by atomic mass is 16.8. The summed E-state index contributed by atoms with van der Waals surface area (Å²) in [6, 6.07) is 0. The van der Waals surface area contributed by atoms with Crippen LogP contribution in [0.2, 0.25) is 0 Å². The summed E-state index contributed by atoms with van der Waals surface area (Å²) >= 11 is 0. The van der Waals surface area contributed by atoms with E-state index in [1.54, 1.807) is 26.0 Å². The van der Waals surface area contributed by atoms with Crippen molar-refractivity contribution >= 4 is 11.6 Å². The molecule has 8 atom stereocenters. The van der Waals surface area contributed by atoms with E-state index in [1.165, 1.54) is 0 Å². The van der Waals surface area contributed by atoms with Gasteiger partial charge in [-0.3, -0.25) is 9.59 Å². The van der Waals surface area contributed by atoms with Gasteiger partial charge in [0.05, 0.1) is 12.2 Å². The van der Waals surface area contributed by atoms with Crippen LogP contribution in [0.4, 0.5) is 0 Å². The van der Waals surface area contributed by atoms with Crippen molar-refractivity contribution in [3.05, 3.63) is 23.8 Å². The summed E-state index contributed by atoms with van der Waals surface area (Å²) in [5, 5.41) is 21.3. The highest BCUT2D eigenvalue weighted by molar-refractivity contribution is 6.01. The number of ether oxygens (including phenoxy) is 2. The summed E-state index contributed by atoms with van der Waals surface area (Å²) in [7, 11) is 0. The molecule has 1 heterocycles. The Hall–Kier alpha value is -1.34. The van der Waals surface area contributed by atoms with Crippen LogP contribution < -0.4 is 0 Å². The van der Waals surface area contributed by atoms with E-state index in [0.717, 1.165) is 18.4 Å². The Morgan fingerprint density at radius 1 is 1.27 bits per heavy atom. The average molecular weight is 417 g/mol. The quantitative estimate of drug-likeness (QED) is 0.718. The zero-order valence-corrected chi connectivity index (χ0v) is 18.2. The van der Waals surface area contributed by atoms with Gasteiger partial charge in [-0.15, -0.1) is 0 Å². The molecule has 1 aliphatic heterocycles. The lowest BCUT2D eigenvalue weighted by Crippen LogP contribution is -2.63. The number of rotatable bonds is 2. The summed E-state index contributed by atoms with van der Waals surface area (Å²) in [4.78, 5) is 25.1. The van der Waals surface area contributed by atoms with Gasteiger partial charge in [0.15, 0.2) is 23.0 Å². The molecule has 1 saturated heterocycles. The number of Topliss-reactive ketones (excluding diaryl/α,β-unsaturated/α-hetero) is 1. The number of carbonyl (C=O) groups is 2. The summed E-state index contributed by atoms with van der Waals surface area (Å²) in [5.41, 5.74) is -1.12. The SMILES string of the molecule is CC1(C)OC2C[C@H]3[C@@H]4CCC5=CC(=O)C=C[C@]5(C)[C@H]4C(O)C[C@]3(C)[C@]2(C(=O)CO)O1. The molecule has 5 rings (SSSR count). The zero-order valence-electron chi connectivity index (χ0n) is 18.2. The zero-order chi connectivity index (χ0) is 21.7. The molecule has 0 aromatic rings. The number of carbonyl (C=O) groups excluding carboxylic acids is 2. The lowest BCUT2D eigenvalue weighted by molar-refractivity contribution is -0.225. The van der Waals surface area contributed by atoms with Gasteiger partial charge in [0.25, 0.3) is 0 Å². The first kappa shape index (κ1) is 20.6. The van der Waals surface area contributed by atoms with E-state index >= 15 is 0 Å². The fourth-order valence-corrected chi connectivity index (χ4v) is 8.04. The molecule has 4 fully saturated rings. The lowest BCUT2D eigenvalue weighted by Gasteiger charge is -2.59. The number of hydrogen-bond acceptors (Lipinski definition) is 6. The summed E-state index contributed by atoms with van der Waals surface area (Å²) < 4.78 is 12.6. The molecule has 3 saturated carbocycles. The third-order valence-corrected chi connectivity index (χ3v) is 9.05. The molecule has 164 valence electrons. The number of fused-ring (bicyclic) bond motifs is 7. The second-order valence-corrected chi connectivity index (χ2v) is 10.9. The Morgan fingerprint density at radius 2 is 2.00 bits per heavy atom. The molecule has 0 radical (unpaired) electrons. The van der Waals surface area contributed by atoms with Crippen molar-refractivity contribution < 1.29 is 29.3 Å². The minimum absolute atomic E-state index is 0.0167. The van der Waals surface area contributed by atoms with E-state index in [4.69, 9.17) is 9.47 Å². The minimum Gasteiger partial charge on any atom is -0.393 e. The normalized spacial score (nSPS) is 50.9. The smallest absolute Gasteiger partial charge is 0.193 e. The maximum atomic E-state index is 13.2. The average Bonchev–Trinajstić information content (AvgIpc) is 3.07. The molecular formula is C24H32O6. The molecule has 0 aromatic heterocycles. The molecule has 2 N–H and O–H groups in total.